The van der Waals surface area contributed by atoms with Gasteiger partial charge < -0.3 is 10.0 Å². The standard InChI is InChI=1S/C11H14ClNO4S/c1-2-13(5-6-14)11(15)8-3-4-9(12)10(7-8)18(16)17/h3-4,7,14,18H,2,5-6H2,1H3. The monoisotopic (exact) mass is 291 g/mol. The maximum Gasteiger partial charge on any atom is 0.253 e. The summed E-state index contributed by atoms with van der Waals surface area (Å²) in [6, 6.07) is 4.09. The quantitative estimate of drug-likeness (QED) is 0.786. The van der Waals surface area contributed by atoms with E-state index < -0.39 is 10.7 Å². The molecule has 100 valence electrons. The lowest BCUT2D eigenvalue weighted by Gasteiger charge is -2.19. The molecule has 0 atom stereocenters. The molecule has 0 radical (unpaired) electrons. The molecule has 0 heterocycles. The Morgan fingerprint density at radius 2 is 2.11 bits per heavy atom. The molecule has 0 saturated heterocycles. The van der Waals surface area contributed by atoms with Crippen LogP contribution in [0.15, 0.2) is 23.1 Å². The molecule has 7 heteroatoms. The number of amides is 1. The van der Waals surface area contributed by atoms with Gasteiger partial charge in [0, 0.05) is 18.7 Å². The molecule has 1 aromatic rings. The summed E-state index contributed by atoms with van der Waals surface area (Å²) in [4.78, 5) is 13.4. The van der Waals surface area contributed by atoms with Gasteiger partial charge in [0.15, 0.2) is 10.7 Å². The number of rotatable bonds is 5. The van der Waals surface area contributed by atoms with E-state index in [2.05, 4.69) is 0 Å². The van der Waals surface area contributed by atoms with Gasteiger partial charge in [-0.2, -0.15) is 0 Å². The van der Waals surface area contributed by atoms with Crippen LogP contribution in [-0.2, 0) is 10.7 Å². The number of aliphatic hydroxyl groups is 1. The fraction of sp³-hybridized carbons (Fsp3) is 0.364. The average Bonchev–Trinajstić information content (AvgIpc) is 2.35. The number of aliphatic hydroxyl groups excluding tert-OH is 1. The van der Waals surface area contributed by atoms with Crippen LogP contribution in [0.4, 0.5) is 0 Å². The highest BCUT2D eigenvalue weighted by molar-refractivity contribution is 7.72. The predicted molar refractivity (Wildman–Crippen MR) is 68.7 cm³/mol. The number of benzene rings is 1. The minimum Gasteiger partial charge on any atom is -0.395 e. The van der Waals surface area contributed by atoms with E-state index >= 15 is 0 Å². The molecule has 0 fully saturated rings. The number of carbonyl (C=O) groups is 1. The summed E-state index contributed by atoms with van der Waals surface area (Å²) < 4.78 is 21.9. The lowest BCUT2D eigenvalue weighted by atomic mass is 10.2. The van der Waals surface area contributed by atoms with E-state index in [9.17, 15) is 13.2 Å². The summed E-state index contributed by atoms with van der Waals surface area (Å²) >= 11 is 5.72. The van der Waals surface area contributed by atoms with Crippen LogP contribution in [0, 0.1) is 0 Å². The van der Waals surface area contributed by atoms with Gasteiger partial charge in [0.25, 0.3) is 5.91 Å². The number of hydrogen-bond acceptors (Lipinski definition) is 4. The van der Waals surface area contributed by atoms with E-state index in [0.29, 0.717) is 6.54 Å². The van der Waals surface area contributed by atoms with Crippen LogP contribution in [0.3, 0.4) is 0 Å². The second-order valence-electron chi connectivity index (χ2n) is 3.53. The first kappa shape index (κ1) is 14.9. The van der Waals surface area contributed by atoms with Gasteiger partial charge in [-0.3, -0.25) is 4.79 Å². The van der Waals surface area contributed by atoms with Gasteiger partial charge in [0.1, 0.15) is 0 Å². The largest absolute Gasteiger partial charge is 0.395 e. The van der Waals surface area contributed by atoms with Crippen molar-refractivity contribution in [2.24, 2.45) is 0 Å². The third kappa shape index (κ3) is 3.44. The second-order valence-corrected chi connectivity index (χ2v) is 4.93. The van der Waals surface area contributed by atoms with Crippen molar-refractivity contribution >= 4 is 28.2 Å². The topological polar surface area (TPSA) is 74.7 Å². The fourth-order valence-corrected chi connectivity index (χ4v) is 2.31. The van der Waals surface area contributed by atoms with Gasteiger partial charge in [-0.05, 0) is 25.1 Å². The Hall–Kier alpha value is -1.11. The number of hydrogen-bond donors (Lipinski definition) is 2. The summed E-state index contributed by atoms with van der Waals surface area (Å²) in [5.74, 6) is -0.332. The molecule has 1 rings (SSSR count). The van der Waals surface area contributed by atoms with Gasteiger partial charge >= 0.3 is 0 Å². The summed E-state index contributed by atoms with van der Waals surface area (Å²) in [5, 5.41) is 8.93. The third-order valence-electron chi connectivity index (χ3n) is 2.43. The zero-order chi connectivity index (χ0) is 13.7. The van der Waals surface area contributed by atoms with Crippen LogP contribution >= 0.6 is 11.6 Å². The van der Waals surface area contributed by atoms with Crippen molar-refractivity contribution < 1.29 is 18.3 Å². The van der Waals surface area contributed by atoms with E-state index in [1.807, 2.05) is 0 Å². The number of halogens is 1. The lowest BCUT2D eigenvalue weighted by molar-refractivity contribution is 0.0732. The Morgan fingerprint density at radius 1 is 1.44 bits per heavy atom. The molecule has 1 amide bonds. The Balaban J connectivity index is 3.10. The SMILES string of the molecule is CCN(CCO)C(=O)c1ccc(Cl)c([SH](=O)=O)c1. The van der Waals surface area contributed by atoms with Crippen molar-refractivity contribution in [3.05, 3.63) is 28.8 Å². The first-order valence-electron chi connectivity index (χ1n) is 5.35. The van der Waals surface area contributed by atoms with Gasteiger partial charge in [0.05, 0.1) is 16.5 Å². The Kier molecular flexibility index (Phi) is 5.58. The molecule has 0 bridgehead atoms. The van der Waals surface area contributed by atoms with E-state index in [1.54, 1.807) is 6.92 Å². The normalized spacial score (nSPS) is 10.7. The molecule has 0 spiro atoms. The van der Waals surface area contributed by atoms with E-state index in [-0.39, 0.29) is 34.5 Å². The van der Waals surface area contributed by atoms with Crippen molar-refractivity contribution in [1.82, 2.24) is 4.90 Å². The Bertz CT molecular complexity index is 508. The van der Waals surface area contributed by atoms with Crippen molar-refractivity contribution in [1.29, 1.82) is 0 Å². The van der Waals surface area contributed by atoms with Crippen molar-refractivity contribution in [2.45, 2.75) is 11.8 Å². The Morgan fingerprint density at radius 3 is 2.61 bits per heavy atom. The zero-order valence-corrected chi connectivity index (χ0v) is 11.4. The van der Waals surface area contributed by atoms with Crippen LogP contribution < -0.4 is 0 Å². The summed E-state index contributed by atoms with van der Waals surface area (Å²) in [6.45, 7) is 2.27. The third-order valence-corrected chi connectivity index (χ3v) is 3.65. The first-order valence-corrected chi connectivity index (χ1v) is 6.90. The molecule has 18 heavy (non-hydrogen) atoms. The Labute approximate surface area is 112 Å². The molecule has 1 N–H and O–H groups in total. The molecule has 0 aromatic heterocycles. The number of carbonyl (C=O) groups excluding carboxylic acids is 1. The number of likely N-dealkylation sites (N-methyl/N-ethyl adjacent to an activating group) is 1. The maximum absolute atomic E-state index is 12.0. The molecule has 0 aliphatic rings. The smallest absolute Gasteiger partial charge is 0.253 e. The minimum absolute atomic E-state index is 0.0717. The van der Waals surface area contributed by atoms with Gasteiger partial charge in [-0.15, -0.1) is 0 Å². The molecular weight excluding hydrogens is 278 g/mol. The van der Waals surface area contributed by atoms with Crippen molar-refractivity contribution in [3.8, 4) is 0 Å². The molecule has 5 nitrogen and oxygen atoms in total. The minimum atomic E-state index is -2.84. The first-order chi connectivity index (χ1) is 8.51. The lowest BCUT2D eigenvalue weighted by Crippen LogP contribution is -2.33. The highest BCUT2D eigenvalue weighted by Gasteiger charge is 2.15. The second kappa shape index (κ2) is 6.72. The average molecular weight is 292 g/mol. The van der Waals surface area contributed by atoms with Gasteiger partial charge in [-0.1, -0.05) is 11.6 Å². The summed E-state index contributed by atoms with van der Waals surface area (Å²) in [5.41, 5.74) is 0.240. The summed E-state index contributed by atoms with van der Waals surface area (Å²) in [6.07, 6.45) is 0. The maximum atomic E-state index is 12.0. The molecular formula is C11H14ClNO4S. The van der Waals surface area contributed by atoms with Gasteiger partial charge in [-0.25, -0.2) is 8.42 Å². The van der Waals surface area contributed by atoms with E-state index in [0.717, 1.165) is 0 Å². The molecule has 0 saturated carbocycles. The van der Waals surface area contributed by atoms with E-state index in [1.165, 1.54) is 23.1 Å². The highest BCUT2D eigenvalue weighted by atomic mass is 35.5. The molecule has 0 aliphatic heterocycles. The molecule has 1 aromatic carbocycles. The fourth-order valence-electron chi connectivity index (χ4n) is 1.49. The predicted octanol–water partition coefficient (Wildman–Crippen LogP) is 0.765. The van der Waals surface area contributed by atoms with Crippen molar-refractivity contribution in [3.63, 3.8) is 0 Å². The number of thiol groups is 1. The molecule has 0 unspecified atom stereocenters. The van der Waals surface area contributed by atoms with Crippen LogP contribution in [0.1, 0.15) is 17.3 Å². The highest BCUT2D eigenvalue weighted by Crippen LogP contribution is 2.19. The summed E-state index contributed by atoms with van der Waals surface area (Å²) in [7, 11) is -2.84. The zero-order valence-electron chi connectivity index (χ0n) is 9.80. The van der Waals surface area contributed by atoms with Crippen LogP contribution in [-0.4, -0.2) is 44.0 Å². The van der Waals surface area contributed by atoms with Crippen LogP contribution in [0.2, 0.25) is 5.02 Å². The number of nitrogens with zero attached hydrogens (tertiary/aromatic N) is 1. The van der Waals surface area contributed by atoms with E-state index in [4.69, 9.17) is 16.7 Å². The van der Waals surface area contributed by atoms with Crippen molar-refractivity contribution in [2.75, 3.05) is 19.7 Å². The van der Waals surface area contributed by atoms with Gasteiger partial charge in [0.2, 0.25) is 0 Å². The van der Waals surface area contributed by atoms with Crippen LogP contribution in [0.5, 0.6) is 0 Å². The molecule has 0 aliphatic carbocycles. The van der Waals surface area contributed by atoms with Crippen LogP contribution in [0.25, 0.3) is 0 Å².